The van der Waals surface area contributed by atoms with E-state index in [2.05, 4.69) is 75.0 Å². The van der Waals surface area contributed by atoms with Crippen LogP contribution in [0.4, 0.5) is 33.5 Å². The van der Waals surface area contributed by atoms with Crippen LogP contribution in [0, 0.1) is 18.3 Å². The largest absolute Gasteiger partial charge is 0.372 e. The zero-order valence-corrected chi connectivity index (χ0v) is 36.0. The van der Waals surface area contributed by atoms with Crippen LogP contribution in [0.5, 0.6) is 0 Å². The minimum absolute atomic E-state index is 0.0494. The van der Waals surface area contributed by atoms with Crippen molar-refractivity contribution in [3.63, 3.8) is 0 Å². The lowest BCUT2D eigenvalue weighted by atomic mass is 9.72. The van der Waals surface area contributed by atoms with Crippen molar-refractivity contribution in [1.29, 1.82) is 0 Å². The summed E-state index contributed by atoms with van der Waals surface area (Å²) in [5, 5.41) is 12.7. The number of urea groups is 1. The SMILES string of the molecule is Cc1cc(-c2cc(Nc3ccc(N4CC5(CN(CC6CCN(c7ccc(N8CCC(=O)NC8=O)cc7)CC6)C5)C4)cn3)ncn2)ccc1[C@@H](C)NC(=O)c1nc(C(C)(C)C)no1. The molecule has 4 amide bonds. The van der Waals surface area contributed by atoms with Gasteiger partial charge in [-0.25, -0.2) is 19.7 Å². The number of amides is 4. The molecule has 0 unspecified atom stereocenters. The molecule has 4 saturated heterocycles. The number of carbonyl (C=O) groups excluding carboxylic acids is 3. The zero-order valence-electron chi connectivity index (χ0n) is 36.0. The Kier molecular flexibility index (Phi) is 10.9. The number of imide groups is 1. The highest BCUT2D eigenvalue weighted by Crippen LogP contribution is 2.43. The summed E-state index contributed by atoms with van der Waals surface area (Å²) in [5.41, 5.74) is 6.87. The first-order valence-electron chi connectivity index (χ1n) is 21.5. The van der Waals surface area contributed by atoms with Gasteiger partial charge in [0, 0.05) is 92.6 Å². The third-order valence-corrected chi connectivity index (χ3v) is 12.6. The number of piperidine rings is 1. The van der Waals surface area contributed by atoms with Crippen molar-refractivity contribution >= 4 is 46.5 Å². The number of aryl methyl sites for hydroxylation is 1. The minimum Gasteiger partial charge on any atom is -0.372 e. The van der Waals surface area contributed by atoms with Gasteiger partial charge in [-0.1, -0.05) is 38.1 Å². The van der Waals surface area contributed by atoms with Crippen LogP contribution in [0.25, 0.3) is 11.3 Å². The summed E-state index contributed by atoms with van der Waals surface area (Å²) in [5.74, 6) is 1.87. The smallest absolute Gasteiger partial charge is 0.328 e. The van der Waals surface area contributed by atoms with Gasteiger partial charge in [0.05, 0.1) is 23.6 Å². The average Bonchev–Trinajstić information content (AvgIpc) is 3.74. The number of hydrogen-bond acceptors (Lipinski definition) is 13. The molecule has 16 nitrogen and oxygen atoms in total. The average molecular weight is 839 g/mol. The monoisotopic (exact) mass is 838 g/mol. The topological polar surface area (TPSA) is 178 Å². The van der Waals surface area contributed by atoms with Crippen molar-refractivity contribution in [1.82, 2.24) is 40.6 Å². The Hall–Kier alpha value is -6.42. The second-order valence-corrected chi connectivity index (χ2v) is 18.5. The van der Waals surface area contributed by atoms with E-state index in [1.165, 1.54) is 18.5 Å². The van der Waals surface area contributed by atoms with Gasteiger partial charge < -0.3 is 29.9 Å². The van der Waals surface area contributed by atoms with E-state index in [1.54, 1.807) is 11.2 Å². The fraction of sp³-hybridized carbons (Fsp3) is 0.435. The van der Waals surface area contributed by atoms with Gasteiger partial charge in [0.25, 0.3) is 0 Å². The lowest BCUT2D eigenvalue weighted by Crippen LogP contribution is -2.72. The van der Waals surface area contributed by atoms with E-state index >= 15 is 0 Å². The van der Waals surface area contributed by atoms with Crippen molar-refractivity contribution in [2.75, 3.05) is 72.4 Å². The molecule has 0 aliphatic carbocycles. The summed E-state index contributed by atoms with van der Waals surface area (Å²) >= 11 is 0. The van der Waals surface area contributed by atoms with E-state index < -0.39 is 5.91 Å². The molecule has 3 N–H and O–H groups in total. The van der Waals surface area contributed by atoms with Gasteiger partial charge in [0.15, 0.2) is 5.82 Å². The number of anilines is 5. The molecule has 3 aromatic heterocycles. The molecule has 1 spiro atoms. The highest BCUT2D eigenvalue weighted by atomic mass is 16.5. The minimum atomic E-state index is -0.411. The normalized spacial score (nSPS) is 18.6. The molecule has 2 aromatic carbocycles. The molecule has 7 heterocycles. The maximum absolute atomic E-state index is 12.9. The number of nitrogens with zero attached hydrogens (tertiary/aromatic N) is 9. The van der Waals surface area contributed by atoms with Crippen LogP contribution in [0.3, 0.4) is 0 Å². The number of benzene rings is 2. The first-order valence-corrected chi connectivity index (χ1v) is 21.5. The van der Waals surface area contributed by atoms with Gasteiger partial charge in [-0.3, -0.25) is 19.8 Å². The number of likely N-dealkylation sites (tertiary alicyclic amines) is 1. The summed E-state index contributed by atoms with van der Waals surface area (Å²) in [4.78, 5) is 63.7. The van der Waals surface area contributed by atoms with Gasteiger partial charge in [-0.2, -0.15) is 4.98 Å². The van der Waals surface area contributed by atoms with Gasteiger partial charge in [0.1, 0.15) is 18.0 Å². The van der Waals surface area contributed by atoms with Crippen LogP contribution in [0.15, 0.2) is 77.7 Å². The number of hydrogen-bond donors (Lipinski definition) is 3. The Morgan fingerprint density at radius 2 is 1.63 bits per heavy atom. The first kappa shape index (κ1) is 41.0. The first-order chi connectivity index (χ1) is 29.8. The summed E-state index contributed by atoms with van der Waals surface area (Å²) in [6, 6.07) is 19.6. The van der Waals surface area contributed by atoms with Gasteiger partial charge in [-0.15, -0.1) is 0 Å². The molecule has 0 bridgehead atoms. The van der Waals surface area contributed by atoms with Crippen molar-refractivity contribution in [2.45, 2.75) is 65.3 Å². The fourth-order valence-electron chi connectivity index (χ4n) is 9.21. The summed E-state index contributed by atoms with van der Waals surface area (Å²) < 4.78 is 5.22. The maximum atomic E-state index is 12.9. The van der Waals surface area contributed by atoms with Crippen molar-refractivity contribution < 1.29 is 18.9 Å². The highest BCUT2D eigenvalue weighted by Gasteiger charge is 2.52. The molecule has 16 heteroatoms. The number of nitrogens with one attached hydrogen (secondary N) is 3. The lowest BCUT2D eigenvalue weighted by Gasteiger charge is -2.61. The van der Waals surface area contributed by atoms with Crippen molar-refractivity contribution in [2.24, 2.45) is 11.3 Å². The van der Waals surface area contributed by atoms with E-state index in [0.29, 0.717) is 41.8 Å². The zero-order chi connectivity index (χ0) is 43.2. The van der Waals surface area contributed by atoms with Crippen LogP contribution >= 0.6 is 0 Å². The fourth-order valence-corrected chi connectivity index (χ4v) is 9.21. The second-order valence-electron chi connectivity index (χ2n) is 18.5. The number of rotatable bonds is 11. The molecule has 5 aromatic rings. The molecule has 4 aliphatic rings. The molecule has 9 rings (SSSR count). The van der Waals surface area contributed by atoms with Crippen LogP contribution in [0.1, 0.15) is 80.6 Å². The molecule has 0 saturated carbocycles. The van der Waals surface area contributed by atoms with Crippen LogP contribution in [-0.2, 0) is 10.2 Å². The molecule has 4 fully saturated rings. The molecular weight excluding hydrogens is 785 g/mol. The molecule has 62 heavy (non-hydrogen) atoms. The van der Waals surface area contributed by atoms with Gasteiger partial charge >= 0.3 is 17.8 Å². The standard InChI is InChI=1S/C46H54N12O4/c1-29-20-32(6-12-36(29)30(2)50-41(60)42-53-43(54-62-42)45(3,4)5)37-21-39(49-28-48-37)51-38-13-11-35(22-47-38)57-26-46(27-57)24-55(25-46)23-31-14-17-56(18-15-31)33-7-9-34(10-8-33)58-19-16-40(59)52-44(58)61/h6-13,20-22,28,30-31H,14-19,23-27H2,1-5H3,(H,50,60)(H,52,59,61)(H,47,48,49,51)/t30-/m1/s1. The quantitative estimate of drug-likeness (QED) is 0.136. The lowest BCUT2D eigenvalue weighted by molar-refractivity contribution is -0.120. The predicted molar refractivity (Wildman–Crippen MR) is 237 cm³/mol. The van der Waals surface area contributed by atoms with E-state index in [9.17, 15) is 14.4 Å². The Labute approximate surface area is 361 Å². The molecule has 0 radical (unpaired) electrons. The maximum Gasteiger partial charge on any atom is 0.328 e. The van der Waals surface area contributed by atoms with Gasteiger partial charge in [-0.05, 0) is 86.2 Å². The molecular formula is C46H54N12O4. The van der Waals surface area contributed by atoms with Crippen molar-refractivity contribution in [3.8, 4) is 11.3 Å². The Morgan fingerprint density at radius 3 is 2.31 bits per heavy atom. The van der Waals surface area contributed by atoms with E-state index in [0.717, 1.165) is 79.6 Å². The molecule has 4 aliphatic heterocycles. The second kappa shape index (κ2) is 16.5. The van der Waals surface area contributed by atoms with Crippen LogP contribution in [-0.4, -0.2) is 100 Å². The third kappa shape index (κ3) is 8.69. The molecule has 322 valence electrons. The van der Waals surface area contributed by atoms with Gasteiger partial charge in [0.2, 0.25) is 5.91 Å². The Bertz CT molecular complexity index is 2440. The summed E-state index contributed by atoms with van der Waals surface area (Å²) in [6.45, 7) is 17.9. The Balaban J connectivity index is 0.710. The van der Waals surface area contributed by atoms with E-state index in [-0.39, 0.29) is 29.3 Å². The van der Waals surface area contributed by atoms with Crippen LogP contribution in [0.2, 0.25) is 0 Å². The number of aromatic nitrogens is 5. The van der Waals surface area contributed by atoms with E-state index in [4.69, 9.17) is 9.51 Å². The summed E-state index contributed by atoms with van der Waals surface area (Å²) in [6.07, 6.45) is 6.16. The predicted octanol–water partition coefficient (Wildman–Crippen LogP) is 6.25. The molecule has 1 atom stereocenters. The highest BCUT2D eigenvalue weighted by molar-refractivity contribution is 6.05. The van der Waals surface area contributed by atoms with Crippen molar-refractivity contribution in [3.05, 3.63) is 96.0 Å². The summed E-state index contributed by atoms with van der Waals surface area (Å²) in [7, 11) is 0. The number of pyridine rings is 1. The van der Waals surface area contributed by atoms with Crippen LogP contribution < -0.4 is 30.7 Å². The Morgan fingerprint density at radius 1 is 0.887 bits per heavy atom. The number of carbonyl (C=O) groups is 3. The third-order valence-electron chi connectivity index (χ3n) is 12.6. The van der Waals surface area contributed by atoms with E-state index in [1.807, 2.05) is 77.2 Å².